The summed E-state index contributed by atoms with van der Waals surface area (Å²) in [4.78, 5) is 10.5. The standard InChI is InChI=1S/C19H27N5O/c1-15-5-7-17(8-6-15)25-12-11-22-19(20-2)23-14-16-9-10-21-18(13-16)24(3)4/h5-10,13H,11-12,14H2,1-4H3,(H2,20,22,23). The van der Waals surface area contributed by atoms with Crippen molar-refractivity contribution in [3.8, 4) is 5.75 Å². The number of hydrogen-bond acceptors (Lipinski definition) is 4. The zero-order chi connectivity index (χ0) is 18.1. The number of pyridine rings is 1. The number of aryl methyl sites for hydroxylation is 1. The molecule has 0 unspecified atom stereocenters. The number of nitrogens with one attached hydrogen (secondary N) is 2. The number of aromatic nitrogens is 1. The predicted octanol–water partition coefficient (Wildman–Crippen LogP) is 2.20. The zero-order valence-corrected chi connectivity index (χ0v) is 15.4. The molecule has 2 rings (SSSR count). The summed E-state index contributed by atoms with van der Waals surface area (Å²) in [6, 6.07) is 12.1. The van der Waals surface area contributed by atoms with Crippen molar-refractivity contribution in [3.63, 3.8) is 0 Å². The summed E-state index contributed by atoms with van der Waals surface area (Å²) in [6.07, 6.45) is 1.82. The van der Waals surface area contributed by atoms with Crippen molar-refractivity contribution in [1.29, 1.82) is 0 Å². The van der Waals surface area contributed by atoms with Gasteiger partial charge in [-0.05, 0) is 36.8 Å². The third-order valence-electron chi connectivity index (χ3n) is 3.64. The Morgan fingerprint density at radius 1 is 1.16 bits per heavy atom. The molecule has 0 radical (unpaired) electrons. The molecule has 0 aliphatic heterocycles. The lowest BCUT2D eigenvalue weighted by Gasteiger charge is -2.14. The molecule has 6 nitrogen and oxygen atoms in total. The van der Waals surface area contributed by atoms with Crippen molar-refractivity contribution in [1.82, 2.24) is 15.6 Å². The van der Waals surface area contributed by atoms with Crippen LogP contribution >= 0.6 is 0 Å². The van der Waals surface area contributed by atoms with Crippen molar-refractivity contribution in [2.45, 2.75) is 13.5 Å². The first-order valence-electron chi connectivity index (χ1n) is 8.34. The van der Waals surface area contributed by atoms with Crippen molar-refractivity contribution in [2.75, 3.05) is 39.2 Å². The first-order chi connectivity index (χ1) is 12.1. The molecule has 25 heavy (non-hydrogen) atoms. The summed E-state index contributed by atoms with van der Waals surface area (Å²) in [5.41, 5.74) is 2.38. The molecular weight excluding hydrogens is 314 g/mol. The monoisotopic (exact) mass is 341 g/mol. The lowest BCUT2D eigenvalue weighted by molar-refractivity contribution is 0.322. The summed E-state index contributed by atoms with van der Waals surface area (Å²) in [7, 11) is 5.72. The lowest BCUT2D eigenvalue weighted by Crippen LogP contribution is -2.38. The van der Waals surface area contributed by atoms with Gasteiger partial charge in [0.05, 0.1) is 6.54 Å². The van der Waals surface area contributed by atoms with E-state index in [-0.39, 0.29) is 0 Å². The maximum atomic E-state index is 5.70. The molecule has 0 saturated carbocycles. The second-order valence-corrected chi connectivity index (χ2v) is 5.93. The highest BCUT2D eigenvalue weighted by Gasteiger charge is 2.02. The zero-order valence-electron chi connectivity index (χ0n) is 15.4. The highest BCUT2D eigenvalue weighted by Crippen LogP contribution is 2.11. The quantitative estimate of drug-likeness (QED) is 0.459. The Morgan fingerprint density at radius 3 is 2.60 bits per heavy atom. The van der Waals surface area contributed by atoms with Crippen LogP contribution in [0.3, 0.4) is 0 Å². The van der Waals surface area contributed by atoms with Crippen LogP contribution in [-0.2, 0) is 6.54 Å². The van der Waals surface area contributed by atoms with Gasteiger partial charge in [0.15, 0.2) is 5.96 Å². The molecule has 0 aliphatic carbocycles. The second kappa shape index (κ2) is 9.52. The van der Waals surface area contributed by atoms with Crippen molar-refractivity contribution in [2.24, 2.45) is 4.99 Å². The highest BCUT2D eigenvalue weighted by molar-refractivity contribution is 5.79. The Labute approximate surface area is 149 Å². The van der Waals surface area contributed by atoms with E-state index < -0.39 is 0 Å². The van der Waals surface area contributed by atoms with Gasteiger partial charge in [-0.15, -0.1) is 0 Å². The number of rotatable bonds is 7. The maximum absolute atomic E-state index is 5.70. The van der Waals surface area contributed by atoms with E-state index in [1.54, 1.807) is 7.05 Å². The third kappa shape index (κ3) is 6.33. The SMILES string of the molecule is CN=C(NCCOc1ccc(C)cc1)NCc1ccnc(N(C)C)c1. The van der Waals surface area contributed by atoms with Gasteiger partial charge < -0.3 is 20.3 Å². The number of anilines is 1. The van der Waals surface area contributed by atoms with Crippen LogP contribution < -0.4 is 20.3 Å². The maximum Gasteiger partial charge on any atom is 0.191 e. The average Bonchev–Trinajstić information content (AvgIpc) is 2.63. The molecule has 0 fully saturated rings. The molecule has 1 aromatic heterocycles. The van der Waals surface area contributed by atoms with E-state index in [1.165, 1.54) is 5.56 Å². The normalized spacial score (nSPS) is 11.1. The summed E-state index contributed by atoms with van der Waals surface area (Å²) in [6.45, 7) is 3.99. The fraction of sp³-hybridized carbons (Fsp3) is 0.368. The van der Waals surface area contributed by atoms with Gasteiger partial charge in [0.2, 0.25) is 0 Å². The summed E-state index contributed by atoms with van der Waals surface area (Å²) < 4.78 is 5.70. The first-order valence-corrected chi connectivity index (χ1v) is 8.34. The number of guanidine groups is 1. The Kier molecular flexibility index (Phi) is 7.07. The van der Waals surface area contributed by atoms with Gasteiger partial charge in [-0.3, -0.25) is 4.99 Å². The van der Waals surface area contributed by atoms with Crippen molar-refractivity contribution in [3.05, 3.63) is 53.7 Å². The van der Waals surface area contributed by atoms with Crippen LogP contribution in [0.15, 0.2) is 47.6 Å². The fourth-order valence-corrected chi connectivity index (χ4v) is 2.19. The molecule has 2 N–H and O–H groups in total. The summed E-state index contributed by atoms with van der Waals surface area (Å²) >= 11 is 0. The number of benzene rings is 1. The molecule has 0 amide bonds. The Bertz CT molecular complexity index is 682. The van der Waals surface area contributed by atoms with E-state index in [4.69, 9.17) is 4.74 Å². The Balaban J connectivity index is 1.73. The number of hydrogen-bond donors (Lipinski definition) is 2. The van der Waals surface area contributed by atoms with Gasteiger partial charge in [0.1, 0.15) is 18.2 Å². The topological polar surface area (TPSA) is 61.8 Å². The lowest BCUT2D eigenvalue weighted by atomic mass is 10.2. The van der Waals surface area contributed by atoms with Crippen LogP contribution in [0.25, 0.3) is 0 Å². The molecule has 0 spiro atoms. The van der Waals surface area contributed by atoms with Gasteiger partial charge in [0, 0.05) is 33.9 Å². The largest absolute Gasteiger partial charge is 0.492 e. The minimum atomic E-state index is 0.573. The molecule has 2 aromatic rings. The molecule has 0 saturated heterocycles. The molecule has 0 bridgehead atoms. The number of nitrogens with zero attached hydrogens (tertiary/aromatic N) is 3. The van der Waals surface area contributed by atoms with Crippen LogP contribution in [0.4, 0.5) is 5.82 Å². The summed E-state index contributed by atoms with van der Waals surface area (Å²) in [5, 5.41) is 6.54. The second-order valence-electron chi connectivity index (χ2n) is 5.93. The van der Waals surface area contributed by atoms with Crippen LogP contribution in [0.2, 0.25) is 0 Å². The average molecular weight is 341 g/mol. The highest BCUT2D eigenvalue weighted by atomic mass is 16.5. The molecule has 1 aromatic carbocycles. The van der Waals surface area contributed by atoms with E-state index >= 15 is 0 Å². The fourth-order valence-electron chi connectivity index (χ4n) is 2.19. The molecule has 134 valence electrons. The molecule has 1 heterocycles. The molecule has 6 heteroatoms. The third-order valence-corrected chi connectivity index (χ3v) is 3.64. The van der Waals surface area contributed by atoms with Crippen molar-refractivity contribution < 1.29 is 4.74 Å². The van der Waals surface area contributed by atoms with E-state index in [0.717, 1.165) is 23.1 Å². The van der Waals surface area contributed by atoms with Gasteiger partial charge in [0.25, 0.3) is 0 Å². The van der Waals surface area contributed by atoms with E-state index in [1.807, 2.05) is 55.5 Å². The van der Waals surface area contributed by atoms with Gasteiger partial charge in [-0.25, -0.2) is 4.98 Å². The van der Waals surface area contributed by atoms with E-state index in [2.05, 4.69) is 33.6 Å². The van der Waals surface area contributed by atoms with Crippen LogP contribution in [0.5, 0.6) is 5.75 Å². The number of ether oxygens (including phenoxy) is 1. The van der Waals surface area contributed by atoms with Crippen molar-refractivity contribution >= 4 is 11.8 Å². The predicted molar refractivity (Wildman–Crippen MR) is 103 cm³/mol. The molecule has 0 atom stereocenters. The Hall–Kier alpha value is -2.76. The Morgan fingerprint density at radius 2 is 1.92 bits per heavy atom. The van der Waals surface area contributed by atoms with Crippen LogP contribution in [0, 0.1) is 6.92 Å². The van der Waals surface area contributed by atoms with Crippen LogP contribution in [0.1, 0.15) is 11.1 Å². The van der Waals surface area contributed by atoms with E-state index in [0.29, 0.717) is 19.7 Å². The summed E-state index contributed by atoms with van der Waals surface area (Å²) in [5.74, 6) is 2.56. The minimum absolute atomic E-state index is 0.573. The van der Waals surface area contributed by atoms with E-state index in [9.17, 15) is 0 Å². The van der Waals surface area contributed by atoms with Gasteiger partial charge in [-0.2, -0.15) is 0 Å². The smallest absolute Gasteiger partial charge is 0.191 e. The van der Waals surface area contributed by atoms with Crippen LogP contribution in [-0.4, -0.2) is 45.2 Å². The minimum Gasteiger partial charge on any atom is -0.492 e. The number of aliphatic imine (C=N–C) groups is 1. The first kappa shape index (κ1) is 18.6. The molecular formula is C19H27N5O. The van der Waals surface area contributed by atoms with Gasteiger partial charge >= 0.3 is 0 Å². The van der Waals surface area contributed by atoms with Gasteiger partial charge in [-0.1, -0.05) is 17.7 Å². The molecule has 0 aliphatic rings.